The molecule has 0 fully saturated rings. The lowest BCUT2D eigenvalue weighted by Gasteiger charge is -2.07. The van der Waals surface area contributed by atoms with Crippen LogP contribution >= 0.6 is 11.6 Å². The number of aromatic nitrogens is 2. The summed E-state index contributed by atoms with van der Waals surface area (Å²) in [4.78, 5) is 28.3. The van der Waals surface area contributed by atoms with Crippen molar-refractivity contribution in [1.82, 2.24) is 9.97 Å². The van der Waals surface area contributed by atoms with Gasteiger partial charge in [0.15, 0.2) is 0 Å². The summed E-state index contributed by atoms with van der Waals surface area (Å²) in [5, 5.41) is 5.97. The third-order valence-electron chi connectivity index (χ3n) is 2.88. The maximum Gasteiger partial charge on any atom is 0.323 e. The van der Waals surface area contributed by atoms with E-state index in [4.69, 9.17) is 11.6 Å². The molecule has 0 unspecified atom stereocenters. The first kappa shape index (κ1) is 13.3. The molecular formula is C14H11ClN4O2. The van der Waals surface area contributed by atoms with Gasteiger partial charge in [0.1, 0.15) is 0 Å². The molecule has 1 aromatic heterocycles. The van der Waals surface area contributed by atoms with Crippen molar-refractivity contribution in [2.45, 2.75) is 0 Å². The molecule has 0 aliphatic heterocycles. The van der Waals surface area contributed by atoms with E-state index < -0.39 is 0 Å². The van der Waals surface area contributed by atoms with Gasteiger partial charge in [0.05, 0.1) is 11.0 Å². The number of benzene rings is 2. The molecule has 21 heavy (non-hydrogen) atoms. The lowest BCUT2D eigenvalue weighted by molar-refractivity contribution is 0.262. The lowest BCUT2D eigenvalue weighted by atomic mass is 10.3. The fraction of sp³-hybridized carbons (Fsp3) is 0. The SMILES string of the molecule is O=C(Nc1ccc(Cl)cc1)Nc1ccc2[nH]c(=O)[nH]c2c1. The van der Waals surface area contributed by atoms with E-state index in [1.165, 1.54) is 0 Å². The quantitative estimate of drug-likeness (QED) is 0.586. The molecule has 7 heteroatoms. The minimum Gasteiger partial charge on any atom is -0.308 e. The summed E-state index contributed by atoms with van der Waals surface area (Å²) >= 11 is 5.78. The van der Waals surface area contributed by atoms with Gasteiger partial charge < -0.3 is 20.6 Å². The van der Waals surface area contributed by atoms with Crippen LogP contribution in [0, 0.1) is 0 Å². The molecule has 0 aliphatic carbocycles. The van der Waals surface area contributed by atoms with Crippen LogP contribution in [0.25, 0.3) is 11.0 Å². The van der Waals surface area contributed by atoms with Crippen molar-refractivity contribution in [3.63, 3.8) is 0 Å². The Kier molecular flexibility index (Phi) is 3.37. The van der Waals surface area contributed by atoms with Gasteiger partial charge in [0, 0.05) is 16.4 Å². The number of anilines is 2. The summed E-state index contributed by atoms with van der Waals surface area (Å²) in [6, 6.07) is 11.5. The minimum atomic E-state index is -0.380. The van der Waals surface area contributed by atoms with Gasteiger partial charge in [0.2, 0.25) is 0 Å². The summed E-state index contributed by atoms with van der Waals surface area (Å²) in [5.74, 6) is 0. The van der Waals surface area contributed by atoms with Gasteiger partial charge in [-0.1, -0.05) is 11.6 Å². The zero-order valence-electron chi connectivity index (χ0n) is 10.7. The molecule has 3 rings (SSSR count). The highest BCUT2D eigenvalue weighted by atomic mass is 35.5. The van der Waals surface area contributed by atoms with Crippen LogP contribution in [0.5, 0.6) is 0 Å². The number of fused-ring (bicyclic) bond motifs is 1. The number of H-pyrrole nitrogens is 2. The van der Waals surface area contributed by atoms with E-state index in [0.717, 1.165) is 0 Å². The number of nitrogens with one attached hydrogen (secondary N) is 4. The molecule has 0 aliphatic rings. The van der Waals surface area contributed by atoms with Crippen molar-refractivity contribution in [3.8, 4) is 0 Å². The first-order valence-corrected chi connectivity index (χ1v) is 6.53. The van der Waals surface area contributed by atoms with Crippen LogP contribution in [0.3, 0.4) is 0 Å². The molecule has 1 heterocycles. The zero-order chi connectivity index (χ0) is 14.8. The van der Waals surface area contributed by atoms with Crippen molar-refractivity contribution < 1.29 is 4.79 Å². The number of rotatable bonds is 2. The Morgan fingerprint density at radius 2 is 1.52 bits per heavy atom. The van der Waals surface area contributed by atoms with Crippen LogP contribution in [0.2, 0.25) is 5.02 Å². The highest BCUT2D eigenvalue weighted by Crippen LogP contribution is 2.16. The van der Waals surface area contributed by atoms with E-state index >= 15 is 0 Å². The number of hydrogen-bond acceptors (Lipinski definition) is 2. The second-order valence-electron chi connectivity index (χ2n) is 4.43. The number of imidazole rings is 1. The fourth-order valence-corrected chi connectivity index (χ4v) is 2.06. The molecule has 106 valence electrons. The Hall–Kier alpha value is -2.73. The molecule has 6 nitrogen and oxygen atoms in total. The standard InChI is InChI=1S/C14H11ClN4O2/c15-8-1-3-9(4-2-8)16-13(20)17-10-5-6-11-12(7-10)19-14(21)18-11/h1-7H,(H2,16,17,20)(H2,18,19,21). The number of halogens is 1. The number of carbonyl (C=O) groups excluding carboxylic acids is 1. The molecule has 2 amide bonds. The summed E-state index contributed by atoms with van der Waals surface area (Å²) < 4.78 is 0. The van der Waals surface area contributed by atoms with Gasteiger partial charge in [-0.25, -0.2) is 9.59 Å². The van der Waals surface area contributed by atoms with Gasteiger partial charge >= 0.3 is 11.7 Å². The van der Waals surface area contributed by atoms with Crippen LogP contribution in [0.4, 0.5) is 16.2 Å². The first-order valence-electron chi connectivity index (χ1n) is 6.16. The van der Waals surface area contributed by atoms with Gasteiger partial charge in [-0.2, -0.15) is 0 Å². The lowest BCUT2D eigenvalue weighted by Crippen LogP contribution is -2.19. The maximum atomic E-state index is 11.9. The van der Waals surface area contributed by atoms with E-state index in [2.05, 4.69) is 20.6 Å². The normalized spacial score (nSPS) is 10.5. The molecule has 2 aromatic carbocycles. The molecule has 4 N–H and O–H groups in total. The number of urea groups is 1. The Labute approximate surface area is 124 Å². The second kappa shape index (κ2) is 5.34. The van der Waals surface area contributed by atoms with Crippen molar-refractivity contribution in [2.75, 3.05) is 10.6 Å². The van der Waals surface area contributed by atoms with Crippen molar-refractivity contribution >= 4 is 40.0 Å². The van der Waals surface area contributed by atoms with Gasteiger partial charge in [0.25, 0.3) is 0 Å². The maximum absolute atomic E-state index is 11.9. The number of aromatic amines is 2. The van der Waals surface area contributed by atoms with Crippen LogP contribution in [0.1, 0.15) is 0 Å². The van der Waals surface area contributed by atoms with E-state index in [0.29, 0.717) is 27.4 Å². The topological polar surface area (TPSA) is 89.8 Å². The van der Waals surface area contributed by atoms with Gasteiger partial charge in [-0.3, -0.25) is 0 Å². The molecule has 0 saturated heterocycles. The average molecular weight is 303 g/mol. The Bertz CT molecular complexity index is 851. The molecule has 0 spiro atoms. The minimum absolute atomic E-state index is 0.284. The number of carbonyl (C=O) groups is 1. The average Bonchev–Trinajstić information content (AvgIpc) is 2.80. The molecule has 0 saturated carbocycles. The van der Waals surface area contributed by atoms with E-state index in [1.807, 2.05) is 0 Å². The molecule has 0 atom stereocenters. The predicted molar refractivity (Wildman–Crippen MR) is 83.0 cm³/mol. The fourth-order valence-electron chi connectivity index (χ4n) is 1.94. The van der Waals surface area contributed by atoms with Crippen molar-refractivity contribution in [3.05, 3.63) is 58.0 Å². The summed E-state index contributed by atoms with van der Waals surface area (Å²) in [6.45, 7) is 0. The number of amides is 2. The van der Waals surface area contributed by atoms with E-state index in [9.17, 15) is 9.59 Å². The van der Waals surface area contributed by atoms with Crippen LogP contribution in [-0.2, 0) is 0 Å². The first-order chi connectivity index (χ1) is 10.1. The molecule has 0 radical (unpaired) electrons. The summed E-state index contributed by atoms with van der Waals surface area (Å²) in [7, 11) is 0. The van der Waals surface area contributed by atoms with Crippen molar-refractivity contribution in [2.24, 2.45) is 0 Å². The van der Waals surface area contributed by atoms with Crippen molar-refractivity contribution in [1.29, 1.82) is 0 Å². The van der Waals surface area contributed by atoms with E-state index in [1.54, 1.807) is 42.5 Å². The smallest absolute Gasteiger partial charge is 0.308 e. The van der Waals surface area contributed by atoms with Crippen LogP contribution in [-0.4, -0.2) is 16.0 Å². The molecular weight excluding hydrogens is 292 g/mol. The zero-order valence-corrected chi connectivity index (χ0v) is 11.5. The Morgan fingerprint density at radius 3 is 2.29 bits per heavy atom. The monoisotopic (exact) mass is 302 g/mol. The van der Waals surface area contributed by atoms with Crippen LogP contribution < -0.4 is 16.3 Å². The Balaban J connectivity index is 1.73. The Morgan fingerprint density at radius 1 is 0.905 bits per heavy atom. The molecule has 0 bridgehead atoms. The third kappa shape index (κ3) is 3.06. The highest BCUT2D eigenvalue weighted by molar-refractivity contribution is 6.30. The van der Waals surface area contributed by atoms with E-state index in [-0.39, 0.29) is 11.7 Å². The van der Waals surface area contributed by atoms with Crippen LogP contribution in [0.15, 0.2) is 47.3 Å². The molecule has 3 aromatic rings. The predicted octanol–water partition coefficient (Wildman–Crippen LogP) is 3.15. The largest absolute Gasteiger partial charge is 0.323 e. The highest BCUT2D eigenvalue weighted by Gasteiger charge is 2.04. The second-order valence-corrected chi connectivity index (χ2v) is 4.86. The number of hydrogen-bond donors (Lipinski definition) is 4. The van der Waals surface area contributed by atoms with Gasteiger partial charge in [-0.15, -0.1) is 0 Å². The third-order valence-corrected chi connectivity index (χ3v) is 3.13. The summed E-state index contributed by atoms with van der Waals surface area (Å²) in [5.41, 5.74) is 2.23. The van der Waals surface area contributed by atoms with Gasteiger partial charge in [-0.05, 0) is 42.5 Å². The summed E-state index contributed by atoms with van der Waals surface area (Å²) in [6.07, 6.45) is 0.